The molecule has 0 radical (unpaired) electrons. The van der Waals surface area contributed by atoms with Crippen LogP contribution in [0, 0.1) is 0 Å². The predicted molar refractivity (Wildman–Crippen MR) is 70.4 cm³/mol. The van der Waals surface area contributed by atoms with Crippen molar-refractivity contribution in [1.82, 2.24) is 10.3 Å². The van der Waals surface area contributed by atoms with E-state index in [1.807, 2.05) is 12.3 Å². The SMILES string of the molecule is Clc1ccc(C2CCC3(CCCN3)CC2)cn1. The van der Waals surface area contributed by atoms with Gasteiger partial charge in [0.15, 0.2) is 0 Å². The minimum absolute atomic E-state index is 0.482. The Morgan fingerprint density at radius 2 is 2.06 bits per heavy atom. The Hall–Kier alpha value is -0.600. The summed E-state index contributed by atoms with van der Waals surface area (Å²) in [6.07, 6.45) is 9.89. The van der Waals surface area contributed by atoms with Crippen molar-refractivity contribution in [3.05, 3.63) is 29.0 Å². The zero-order valence-corrected chi connectivity index (χ0v) is 10.8. The fourth-order valence-corrected chi connectivity index (χ4v) is 3.54. The average molecular weight is 251 g/mol. The predicted octanol–water partition coefficient (Wildman–Crippen LogP) is 3.51. The second kappa shape index (κ2) is 4.58. The first kappa shape index (κ1) is 11.5. The number of halogens is 1. The van der Waals surface area contributed by atoms with E-state index in [1.54, 1.807) is 0 Å². The van der Waals surface area contributed by atoms with Crippen LogP contribution in [0.1, 0.15) is 50.0 Å². The lowest BCUT2D eigenvalue weighted by molar-refractivity contribution is 0.244. The topological polar surface area (TPSA) is 24.9 Å². The van der Waals surface area contributed by atoms with Gasteiger partial charge >= 0.3 is 0 Å². The number of pyridine rings is 1. The van der Waals surface area contributed by atoms with Gasteiger partial charge in [0.2, 0.25) is 0 Å². The molecule has 1 aliphatic heterocycles. The monoisotopic (exact) mass is 250 g/mol. The summed E-state index contributed by atoms with van der Waals surface area (Å²) in [4.78, 5) is 4.19. The molecule has 3 heteroatoms. The Labute approximate surface area is 108 Å². The molecule has 1 aromatic rings. The van der Waals surface area contributed by atoms with Crippen LogP contribution >= 0.6 is 11.6 Å². The van der Waals surface area contributed by atoms with Crippen LogP contribution in [-0.4, -0.2) is 17.1 Å². The van der Waals surface area contributed by atoms with Gasteiger partial charge in [0.1, 0.15) is 5.15 Å². The normalized spacial score (nSPS) is 33.1. The van der Waals surface area contributed by atoms with Gasteiger partial charge in [-0.25, -0.2) is 4.98 Å². The number of hydrogen-bond donors (Lipinski definition) is 1. The molecule has 2 nitrogen and oxygen atoms in total. The molecule has 2 heterocycles. The van der Waals surface area contributed by atoms with Gasteiger partial charge in [-0.05, 0) is 62.6 Å². The highest BCUT2D eigenvalue weighted by Gasteiger charge is 2.37. The molecule has 1 N–H and O–H groups in total. The van der Waals surface area contributed by atoms with E-state index in [0.717, 1.165) is 0 Å². The summed E-state index contributed by atoms with van der Waals surface area (Å²) in [6, 6.07) is 4.05. The van der Waals surface area contributed by atoms with E-state index in [0.29, 0.717) is 16.6 Å². The summed E-state index contributed by atoms with van der Waals surface area (Å²) in [5.41, 5.74) is 1.85. The molecule has 1 aromatic heterocycles. The number of rotatable bonds is 1. The van der Waals surface area contributed by atoms with Crippen LogP contribution in [0.4, 0.5) is 0 Å². The van der Waals surface area contributed by atoms with Gasteiger partial charge in [0.25, 0.3) is 0 Å². The van der Waals surface area contributed by atoms with Gasteiger partial charge in [0.05, 0.1) is 0 Å². The third-order valence-electron chi connectivity index (χ3n) is 4.50. The van der Waals surface area contributed by atoms with Gasteiger partial charge < -0.3 is 5.32 Å². The molecule has 0 amide bonds. The number of hydrogen-bond acceptors (Lipinski definition) is 2. The molecule has 0 aromatic carbocycles. The molecule has 0 unspecified atom stereocenters. The number of nitrogens with one attached hydrogen (secondary N) is 1. The van der Waals surface area contributed by atoms with E-state index < -0.39 is 0 Å². The maximum Gasteiger partial charge on any atom is 0.129 e. The molecular weight excluding hydrogens is 232 g/mol. The molecule has 0 bridgehead atoms. The van der Waals surface area contributed by atoms with Crippen molar-refractivity contribution in [1.29, 1.82) is 0 Å². The van der Waals surface area contributed by atoms with Gasteiger partial charge in [0, 0.05) is 11.7 Å². The third kappa shape index (κ3) is 2.34. The zero-order chi connectivity index (χ0) is 11.7. The van der Waals surface area contributed by atoms with Crippen molar-refractivity contribution in [2.45, 2.75) is 50.0 Å². The standard InChI is InChI=1S/C14H19ClN2/c15-13-3-2-12(10-16-13)11-4-7-14(8-5-11)6-1-9-17-14/h2-3,10-11,17H,1,4-9H2. The lowest BCUT2D eigenvalue weighted by atomic mass is 9.74. The van der Waals surface area contributed by atoms with Gasteiger partial charge in [-0.3, -0.25) is 0 Å². The lowest BCUT2D eigenvalue weighted by Crippen LogP contribution is -2.42. The van der Waals surface area contributed by atoms with Crippen molar-refractivity contribution in [3.63, 3.8) is 0 Å². The Bertz CT molecular complexity index is 372. The third-order valence-corrected chi connectivity index (χ3v) is 4.72. The first-order valence-electron chi connectivity index (χ1n) is 6.64. The van der Waals surface area contributed by atoms with Crippen LogP contribution in [-0.2, 0) is 0 Å². The first-order chi connectivity index (χ1) is 8.27. The van der Waals surface area contributed by atoms with E-state index in [-0.39, 0.29) is 0 Å². The molecule has 92 valence electrons. The highest BCUT2D eigenvalue weighted by molar-refractivity contribution is 6.29. The molecule has 1 aliphatic carbocycles. The quantitative estimate of drug-likeness (QED) is 0.772. The average Bonchev–Trinajstić information content (AvgIpc) is 2.80. The summed E-state index contributed by atoms with van der Waals surface area (Å²) in [6.45, 7) is 1.22. The van der Waals surface area contributed by atoms with Crippen LogP contribution in [0.5, 0.6) is 0 Å². The zero-order valence-electron chi connectivity index (χ0n) is 10.1. The second-order valence-corrected chi connectivity index (χ2v) is 5.89. The Kier molecular flexibility index (Phi) is 3.10. The second-order valence-electron chi connectivity index (χ2n) is 5.50. The van der Waals surface area contributed by atoms with Crippen LogP contribution < -0.4 is 5.32 Å². The Morgan fingerprint density at radius 3 is 2.65 bits per heavy atom. The molecule has 0 atom stereocenters. The van der Waals surface area contributed by atoms with Gasteiger partial charge in [-0.2, -0.15) is 0 Å². The van der Waals surface area contributed by atoms with Crippen LogP contribution in [0.15, 0.2) is 18.3 Å². The molecule has 1 saturated heterocycles. The lowest BCUT2D eigenvalue weighted by Gasteiger charge is -2.37. The molecule has 17 heavy (non-hydrogen) atoms. The fraction of sp³-hybridized carbons (Fsp3) is 0.643. The molecule has 1 saturated carbocycles. The summed E-state index contributed by atoms with van der Waals surface area (Å²) in [7, 11) is 0. The first-order valence-corrected chi connectivity index (χ1v) is 7.02. The van der Waals surface area contributed by atoms with Crippen molar-refractivity contribution >= 4 is 11.6 Å². The highest BCUT2D eigenvalue weighted by atomic mass is 35.5. The van der Waals surface area contributed by atoms with E-state index >= 15 is 0 Å². The highest BCUT2D eigenvalue weighted by Crippen LogP contribution is 2.41. The minimum Gasteiger partial charge on any atom is -0.311 e. The van der Waals surface area contributed by atoms with Crippen molar-refractivity contribution in [3.8, 4) is 0 Å². The minimum atomic E-state index is 0.482. The number of aromatic nitrogens is 1. The molecular formula is C14H19ClN2. The Balaban J connectivity index is 1.66. The van der Waals surface area contributed by atoms with Crippen LogP contribution in [0.2, 0.25) is 5.15 Å². The van der Waals surface area contributed by atoms with E-state index in [9.17, 15) is 0 Å². The van der Waals surface area contributed by atoms with E-state index in [1.165, 1.54) is 50.6 Å². The smallest absolute Gasteiger partial charge is 0.129 e. The van der Waals surface area contributed by atoms with Crippen LogP contribution in [0.25, 0.3) is 0 Å². The summed E-state index contributed by atoms with van der Waals surface area (Å²) < 4.78 is 0. The molecule has 2 aliphatic rings. The van der Waals surface area contributed by atoms with E-state index in [2.05, 4.69) is 16.4 Å². The molecule has 3 rings (SSSR count). The maximum atomic E-state index is 5.83. The van der Waals surface area contributed by atoms with Crippen molar-refractivity contribution < 1.29 is 0 Å². The van der Waals surface area contributed by atoms with E-state index in [4.69, 9.17) is 11.6 Å². The summed E-state index contributed by atoms with van der Waals surface area (Å²) in [5.74, 6) is 0.688. The van der Waals surface area contributed by atoms with Crippen molar-refractivity contribution in [2.24, 2.45) is 0 Å². The van der Waals surface area contributed by atoms with Crippen molar-refractivity contribution in [2.75, 3.05) is 6.54 Å². The molecule has 2 fully saturated rings. The largest absolute Gasteiger partial charge is 0.311 e. The van der Waals surface area contributed by atoms with Crippen LogP contribution in [0.3, 0.4) is 0 Å². The number of nitrogens with zero attached hydrogens (tertiary/aromatic N) is 1. The van der Waals surface area contributed by atoms with Gasteiger partial charge in [-0.1, -0.05) is 17.7 Å². The maximum absolute atomic E-state index is 5.83. The Morgan fingerprint density at radius 1 is 1.24 bits per heavy atom. The fourth-order valence-electron chi connectivity index (χ4n) is 3.43. The summed E-state index contributed by atoms with van der Waals surface area (Å²) >= 11 is 5.83. The molecule has 1 spiro atoms. The van der Waals surface area contributed by atoms with Gasteiger partial charge in [-0.15, -0.1) is 0 Å². The summed E-state index contributed by atoms with van der Waals surface area (Å²) in [5, 5.41) is 4.31.